The fourth-order valence-electron chi connectivity index (χ4n) is 5.53. The number of hydrogen-bond donors (Lipinski definition) is 0. The van der Waals surface area contributed by atoms with Gasteiger partial charge in [0.15, 0.2) is 0 Å². The maximum absolute atomic E-state index is 5.18. The van der Waals surface area contributed by atoms with Gasteiger partial charge in [-0.05, 0) is 52.2 Å². The van der Waals surface area contributed by atoms with Gasteiger partial charge in [0.05, 0.1) is 33.5 Å². The molecule has 3 heterocycles. The summed E-state index contributed by atoms with van der Waals surface area (Å²) in [5.74, 6) is 0. The second-order valence-electron chi connectivity index (χ2n) is 9.97. The third kappa shape index (κ3) is 3.77. The number of fused-ring (bicyclic) bond motifs is 5. The van der Waals surface area contributed by atoms with Crippen LogP contribution in [0.1, 0.15) is 0 Å². The quantitative estimate of drug-likeness (QED) is 0.223. The Balaban J connectivity index is 1.26. The summed E-state index contributed by atoms with van der Waals surface area (Å²) in [4.78, 5) is 19.2. The number of rotatable bonds is 3. The lowest BCUT2D eigenvalue weighted by molar-refractivity contribution is 1.29. The lowest BCUT2D eigenvalue weighted by Gasteiger charge is -2.10. The van der Waals surface area contributed by atoms with Crippen molar-refractivity contribution in [1.82, 2.24) is 19.9 Å². The number of hydrogen-bond acceptors (Lipinski definition) is 4. The smallest absolute Gasteiger partial charge is 0.0972 e. The first-order valence-electron chi connectivity index (χ1n) is 13.3. The summed E-state index contributed by atoms with van der Waals surface area (Å²) in [6.07, 6.45) is 3.45. The van der Waals surface area contributed by atoms with Crippen molar-refractivity contribution >= 4 is 43.6 Å². The second kappa shape index (κ2) is 9.07. The molecule has 0 bridgehead atoms. The van der Waals surface area contributed by atoms with Crippen molar-refractivity contribution in [3.8, 4) is 33.6 Å². The van der Waals surface area contributed by atoms with Gasteiger partial charge in [-0.3, -0.25) is 9.97 Å². The molecule has 0 radical (unpaired) electrons. The van der Waals surface area contributed by atoms with E-state index in [1.54, 1.807) is 12.4 Å². The first-order valence-corrected chi connectivity index (χ1v) is 13.3. The molecule has 0 aliphatic rings. The van der Waals surface area contributed by atoms with Gasteiger partial charge in [-0.15, -0.1) is 0 Å². The van der Waals surface area contributed by atoms with E-state index >= 15 is 0 Å². The molecular weight excluding hydrogens is 488 g/mol. The van der Waals surface area contributed by atoms with Gasteiger partial charge in [0.2, 0.25) is 0 Å². The maximum atomic E-state index is 5.18. The van der Waals surface area contributed by atoms with Crippen LogP contribution in [0.2, 0.25) is 0 Å². The van der Waals surface area contributed by atoms with Crippen molar-refractivity contribution in [1.29, 1.82) is 0 Å². The maximum Gasteiger partial charge on any atom is 0.0972 e. The Morgan fingerprint density at radius 2 is 1.05 bits per heavy atom. The predicted octanol–water partition coefficient (Wildman–Crippen LogP) is 8.88. The van der Waals surface area contributed by atoms with Gasteiger partial charge >= 0.3 is 0 Å². The monoisotopic (exact) mass is 510 g/mol. The van der Waals surface area contributed by atoms with E-state index in [1.165, 1.54) is 10.8 Å². The Morgan fingerprint density at radius 3 is 1.93 bits per heavy atom. The van der Waals surface area contributed by atoms with Gasteiger partial charge in [0.25, 0.3) is 0 Å². The minimum Gasteiger partial charge on any atom is -0.253 e. The molecule has 0 fully saturated rings. The summed E-state index contributed by atoms with van der Waals surface area (Å²) in [6, 6.07) is 42.3. The summed E-state index contributed by atoms with van der Waals surface area (Å²) in [7, 11) is 0. The van der Waals surface area contributed by atoms with Gasteiger partial charge < -0.3 is 0 Å². The Morgan fingerprint density at radius 1 is 0.400 bits per heavy atom. The molecule has 0 amide bonds. The summed E-state index contributed by atoms with van der Waals surface area (Å²) in [5.41, 5.74) is 9.85. The second-order valence-corrected chi connectivity index (χ2v) is 9.97. The number of aromatic nitrogens is 4. The van der Waals surface area contributed by atoms with Crippen LogP contribution in [-0.4, -0.2) is 19.9 Å². The van der Waals surface area contributed by atoms with E-state index in [4.69, 9.17) is 9.97 Å². The van der Waals surface area contributed by atoms with E-state index in [0.717, 1.165) is 66.5 Å². The van der Waals surface area contributed by atoms with E-state index in [1.807, 2.05) is 6.07 Å². The van der Waals surface area contributed by atoms with E-state index < -0.39 is 0 Å². The Hall–Kier alpha value is -5.48. The molecule has 0 unspecified atom stereocenters. The van der Waals surface area contributed by atoms with Crippen LogP contribution in [0.5, 0.6) is 0 Å². The van der Waals surface area contributed by atoms with Crippen molar-refractivity contribution in [2.45, 2.75) is 0 Å². The third-order valence-electron chi connectivity index (χ3n) is 7.55. The molecule has 0 aliphatic carbocycles. The molecule has 0 saturated heterocycles. The largest absolute Gasteiger partial charge is 0.253 e. The van der Waals surface area contributed by atoms with Crippen LogP contribution in [0.25, 0.3) is 77.3 Å². The zero-order valence-corrected chi connectivity index (χ0v) is 21.5. The molecule has 5 aromatic carbocycles. The van der Waals surface area contributed by atoms with Crippen LogP contribution in [0.4, 0.5) is 0 Å². The van der Waals surface area contributed by atoms with Crippen molar-refractivity contribution in [3.05, 3.63) is 134 Å². The Labute approximate surface area is 230 Å². The molecule has 3 aromatic heterocycles. The number of benzene rings is 5. The minimum absolute atomic E-state index is 0.883. The van der Waals surface area contributed by atoms with Crippen LogP contribution in [0.3, 0.4) is 0 Å². The van der Waals surface area contributed by atoms with E-state index in [0.29, 0.717) is 0 Å². The van der Waals surface area contributed by atoms with Crippen LogP contribution >= 0.6 is 0 Å². The van der Waals surface area contributed by atoms with Gasteiger partial charge in [-0.1, -0.05) is 91.0 Å². The highest BCUT2D eigenvalue weighted by molar-refractivity contribution is 6.05. The molecule has 8 rings (SSSR count). The first-order chi connectivity index (χ1) is 19.8. The lowest BCUT2D eigenvalue weighted by atomic mass is 10.00. The molecule has 0 saturated carbocycles. The van der Waals surface area contributed by atoms with Crippen molar-refractivity contribution in [3.63, 3.8) is 0 Å². The molecule has 0 spiro atoms. The highest BCUT2D eigenvalue weighted by Crippen LogP contribution is 2.32. The lowest BCUT2D eigenvalue weighted by Crippen LogP contribution is -1.92. The number of pyridine rings is 2. The van der Waals surface area contributed by atoms with Gasteiger partial charge in [0, 0.05) is 34.3 Å². The van der Waals surface area contributed by atoms with Gasteiger partial charge in [-0.2, -0.15) is 0 Å². The molecule has 40 heavy (non-hydrogen) atoms. The molecule has 4 nitrogen and oxygen atoms in total. The molecule has 0 aliphatic heterocycles. The summed E-state index contributed by atoms with van der Waals surface area (Å²) in [5, 5.41) is 4.55. The first kappa shape index (κ1) is 22.5. The average Bonchev–Trinajstić information content (AvgIpc) is 3.04. The number of nitrogens with zero attached hydrogens (tertiary/aromatic N) is 4. The van der Waals surface area contributed by atoms with Crippen molar-refractivity contribution in [2.75, 3.05) is 0 Å². The van der Waals surface area contributed by atoms with E-state index in [2.05, 4.69) is 125 Å². The highest BCUT2D eigenvalue weighted by Gasteiger charge is 2.11. The van der Waals surface area contributed by atoms with Crippen LogP contribution in [0, 0.1) is 0 Å². The van der Waals surface area contributed by atoms with Gasteiger partial charge in [-0.25, -0.2) is 9.97 Å². The van der Waals surface area contributed by atoms with Crippen molar-refractivity contribution in [2.24, 2.45) is 0 Å². The zero-order chi connectivity index (χ0) is 26.5. The summed E-state index contributed by atoms with van der Waals surface area (Å²) < 4.78 is 0. The normalized spacial score (nSPS) is 11.5. The fraction of sp³-hybridized carbons (Fsp3) is 0. The molecule has 8 aromatic rings. The highest BCUT2D eigenvalue weighted by atomic mass is 14.8. The summed E-state index contributed by atoms with van der Waals surface area (Å²) >= 11 is 0. The topological polar surface area (TPSA) is 51.6 Å². The Bertz CT molecular complexity index is 2230. The van der Waals surface area contributed by atoms with Crippen LogP contribution < -0.4 is 0 Å². The third-order valence-corrected chi connectivity index (χ3v) is 7.55. The SMILES string of the molecule is c1cc(-c2ccc3nccnc3c2)cc(-c2ccc3ccc4ccc(-c5cccc6ccccc56)nc4c3n2)c1. The molecule has 186 valence electrons. The molecule has 0 N–H and O–H groups in total. The standard InChI is InChI=1S/C36H22N4/c1-2-9-29-23(5-1)6-4-10-30(29)32-17-14-25-12-11-24-13-16-31(39-35(24)36(25)40-32)28-8-3-7-26(21-28)27-15-18-33-34(22-27)38-20-19-37-33/h1-22H. The van der Waals surface area contributed by atoms with Crippen molar-refractivity contribution < 1.29 is 0 Å². The average molecular weight is 511 g/mol. The summed E-state index contributed by atoms with van der Waals surface area (Å²) in [6.45, 7) is 0. The van der Waals surface area contributed by atoms with E-state index in [9.17, 15) is 0 Å². The minimum atomic E-state index is 0.883. The zero-order valence-electron chi connectivity index (χ0n) is 21.5. The predicted molar refractivity (Wildman–Crippen MR) is 164 cm³/mol. The van der Waals surface area contributed by atoms with E-state index in [-0.39, 0.29) is 0 Å². The molecule has 4 heteroatoms. The van der Waals surface area contributed by atoms with Crippen LogP contribution in [-0.2, 0) is 0 Å². The molecule has 0 atom stereocenters. The van der Waals surface area contributed by atoms with Gasteiger partial charge in [0.1, 0.15) is 0 Å². The fourth-order valence-corrected chi connectivity index (χ4v) is 5.53. The Kier molecular flexibility index (Phi) is 5.10. The molecular formula is C36H22N4. The van der Waals surface area contributed by atoms with Crippen LogP contribution in [0.15, 0.2) is 134 Å².